The predicted molar refractivity (Wildman–Crippen MR) is 63.3 cm³/mol. The lowest BCUT2D eigenvalue weighted by Gasteiger charge is -2.14. The number of aliphatic hydroxyl groups excluding tert-OH is 1. The van der Waals surface area contributed by atoms with Gasteiger partial charge in [-0.15, -0.1) is 0 Å². The zero-order valence-electron chi connectivity index (χ0n) is 9.94. The maximum absolute atomic E-state index is 11.9. The van der Waals surface area contributed by atoms with E-state index in [0.29, 0.717) is 17.9 Å². The number of nitrogens with zero attached hydrogens (tertiary/aromatic N) is 2. The van der Waals surface area contributed by atoms with Crippen LogP contribution in [0.5, 0.6) is 0 Å². The molecule has 1 fully saturated rings. The molecule has 1 aromatic heterocycles. The number of nitrogens with two attached hydrogens (primary N) is 1. The lowest BCUT2D eigenvalue weighted by molar-refractivity contribution is 0.0932. The fraction of sp³-hybridized carbons (Fsp3) is 0.636. The average Bonchev–Trinajstić information content (AvgIpc) is 2.97. The molecule has 1 heterocycles. The van der Waals surface area contributed by atoms with E-state index in [4.69, 9.17) is 10.8 Å². The van der Waals surface area contributed by atoms with Crippen LogP contribution in [0.1, 0.15) is 29.8 Å². The highest BCUT2D eigenvalue weighted by Gasteiger charge is 2.42. The highest BCUT2D eigenvalue weighted by atomic mass is 16.3. The summed E-state index contributed by atoms with van der Waals surface area (Å²) < 4.78 is 1.47. The van der Waals surface area contributed by atoms with Crippen LogP contribution >= 0.6 is 0 Å². The number of anilines is 1. The molecule has 0 radical (unpaired) electrons. The number of carbonyl (C=O) groups excluding carboxylic acids is 1. The summed E-state index contributed by atoms with van der Waals surface area (Å²) >= 11 is 0. The van der Waals surface area contributed by atoms with Crippen molar-refractivity contribution in [1.29, 1.82) is 0 Å². The van der Waals surface area contributed by atoms with E-state index in [1.807, 2.05) is 0 Å². The summed E-state index contributed by atoms with van der Waals surface area (Å²) in [6.45, 7) is 0.765. The van der Waals surface area contributed by atoms with Crippen LogP contribution < -0.4 is 11.1 Å². The molecule has 1 amide bonds. The lowest BCUT2D eigenvalue weighted by atomic mass is 10.0. The third kappa shape index (κ3) is 2.41. The molecule has 0 bridgehead atoms. The molecular weight excluding hydrogens is 220 g/mol. The Morgan fingerprint density at radius 3 is 2.88 bits per heavy atom. The third-order valence-electron chi connectivity index (χ3n) is 3.41. The van der Waals surface area contributed by atoms with Crippen molar-refractivity contribution < 1.29 is 9.90 Å². The predicted octanol–water partition coefficient (Wildman–Crippen LogP) is -0.105. The first-order valence-electron chi connectivity index (χ1n) is 5.74. The highest BCUT2D eigenvalue weighted by Crippen LogP contribution is 2.47. The molecule has 1 aromatic rings. The van der Waals surface area contributed by atoms with Gasteiger partial charge in [0.05, 0.1) is 11.9 Å². The van der Waals surface area contributed by atoms with Crippen LogP contribution in [0.2, 0.25) is 0 Å². The van der Waals surface area contributed by atoms with E-state index < -0.39 is 0 Å². The molecule has 94 valence electrons. The van der Waals surface area contributed by atoms with Crippen LogP contribution in [-0.2, 0) is 7.05 Å². The van der Waals surface area contributed by atoms with Crippen molar-refractivity contribution in [2.24, 2.45) is 12.5 Å². The summed E-state index contributed by atoms with van der Waals surface area (Å²) in [5, 5.41) is 15.7. The van der Waals surface area contributed by atoms with Gasteiger partial charge in [0.1, 0.15) is 5.69 Å². The minimum atomic E-state index is -0.202. The molecule has 0 atom stereocenters. The first kappa shape index (κ1) is 11.9. The summed E-state index contributed by atoms with van der Waals surface area (Å²) in [5.74, 6) is -0.202. The number of aliphatic hydroxyl groups is 1. The van der Waals surface area contributed by atoms with Crippen LogP contribution in [0.15, 0.2) is 6.20 Å². The second-order valence-electron chi connectivity index (χ2n) is 4.73. The van der Waals surface area contributed by atoms with Crippen molar-refractivity contribution in [1.82, 2.24) is 15.1 Å². The van der Waals surface area contributed by atoms with Gasteiger partial charge in [0.25, 0.3) is 5.91 Å². The SMILES string of the molecule is Cn1ncc(N)c1C(=O)NCC1(CCO)CC1. The first-order valence-corrected chi connectivity index (χ1v) is 5.74. The number of carbonyl (C=O) groups is 1. The van der Waals surface area contributed by atoms with Gasteiger partial charge in [0, 0.05) is 20.2 Å². The lowest BCUT2D eigenvalue weighted by Crippen LogP contribution is -2.32. The number of rotatable bonds is 5. The van der Waals surface area contributed by atoms with Crippen LogP contribution in [0, 0.1) is 5.41 Å². The maximum Gasteiger partial charge on any atom is 0.271 e. The van der Waals surface area contributed by atoms with E-state index in [-0.39, 0.29) is 17.9 Å². The molecule has 0 aromatic carbocycles. The Hall–Kier alpha value is -1.56. The van der Waals surface area contributed by atoms with E-state index >= 15 is 0 Å². The summed E-state index contributed by atoms with van der Waals surface area (Å²) in [7, 11) is 1.69. The Bertz CT molecular complexity index is 404. The van der Waals surface area contributed by atoms with E-state index in [2.05, 4.69) is 10.4 Å². The van der Waals surface area contributed by atoms with Gasteiger partial charge >= 0.3 is 0 Å². The van der Waals surface area contributed by atoms with Crippen molar-refractivity contribution in [3.8, 4) is 0 Å². The number of nitrogens with one attached hydrogen (secondary N) is 1. The monoisotopic (exact) mass is 238 g/mol. The van der Waals surface area contributed by atoms with Gasteiger partial charge in [0.2, 0.25) is 0 Å². The number of amides is 1. The number of aromatic nitrogens is 2. The zero-order valence-corrected chi connectivity index (χ0v) is 9.94. The minimum absolute atomic E-state index is 0.109. The molecule has 1 aliphatic rings. The normalized spacial score (nSPS) is 16.8. The van der Waals surface area contributed by atoms with Gasteiger partial charge < -0.3 is 16.2 Å². The van der Waals surface area contributed by atoms with Crippen LogP contribution in [0.25, 0.3) is 0 Å². The van der Waals surface area contributed by atoms with Crippen molar-refractivity contribution in [2.45, 2.75) is 19.3 Å². The molecule has 0 spiro atoms. The van der Waals surface area contributed by atoms with Crippen molar-refractivity contribution in [3.63, 3.8) is 0 Å². The molecule has 1 saturated carbocycles. The molecule has 6 heteroatoms. The van der Waals surface area contributed by atoms with E-state index in [9.17, 15) is 4.79 Å². The van der Waals surface area contributed by atoms with Crippen LogP contribution in [-0.4, -0.2) is 33.9 Å². The van der Waals surface area contributed by atoms with E-state index in [1.54, 1.807) is 7.05 Å². The number of hydrogen-bond acceptors (Lipinski definition) is 4. The summed E-state index contributed by atoms with van der Waals surface area (Å²) in [6, 6.07) is 0. The number of nitrogen functional groups attached to an aromatic ring is 1. The molecule has 2 rings (SSSR count). The fourth-order valence-corrected chi connectivity index (χ4v) is 2.01. The number of aryl methyl sites for hydroxylation is 1. The first-order chi connectivity index (χ1) is 8.08. The van der Waals surface area contributed by atoms with E-state index in [0.717, 1.165) is 19.3 Å². The Morgan fingerprint density at radius 2 is 2.41 bits per heavy atom. The Kier molecular flexibility index (Phi) is 3.06. The molecule has 0 unspecified atom stereocenters. The highest BCUT2D eigenvalue weighted by molar-refractivity contribution is 5.97. The molecule has 1 aliphatic carbocycles. The largest absolute Gasteiger partial charge is 0.396 e. The third-order valence-corrected chi connectivity index (χ3v) is 3.41. The quantitative estimate of drug-likeness (QED) is 0.667. The molecule has 17 heavy (non-hydrogen) atoms. The average molecular weight is 238 g/mol. The van der Waals surface area contributed by atoms with Gasteiger partial charge in [-0.3, -0.25) is 9.48 Å². The van der Waals surface area contributed by atoms with Crippen molar-refractivity contribution in [2.75, 3.05) is 18.9 Å². The van der Waals surface area contributed by atoms with Crippen molar-refractivity contribution >= 4 is 11.6 Å². The summed E-state index contributed by atoms with van der Waals surface area (Å²) in [6.07, 6.45) is 4.34. The number of hydrogen-bond donors (Lipinski definition) is 3. The Labute approximate surface area is 99.8 Å². The standard InChI is InChI=1S/C11H18N4O2/c1-15-9(8(12)6-14-15)10(17)13-7-11(2-3-11)4-5-16/h6,16H,2-5,7,12H2,1H3,(H,13,17). The fourth-order valence-electron chi connectivity index (χ4n) is 2.01. The second kappa shape index (κ2) is 4.37. The van der Waals surface area contributed by atoms with Crippen LogP contribution in [0.3, 0.4) is 0 Å². The Balaban J connectivity index is 1.94. The Morgan fingerprint density at radius 1 is 1.71 bits per heavy atom. The topological polar surface area (TPSA) is 93.2 Å². The van der Waals surface area contributed by atoms with Crippen LogP contribution in [0.4, 0.5) is 5.69 Å². The summed E-state index contributed by atoms with van der Waals surface area (Å²) in [5.41, 5.74) is 6.56. The second-order valence-corrected chi connectivity index (χ2v) is 4.73. The van der Waals surface area contributed by atoms with Crippen molar-refractivity contribution in [3.05, 3.63) is 11.9 Å². The van der Waals surface area contributed by atoms with Gasteiger partial charge in [-0.2, -0.15) is 5.10 Å². The molecular formula is C11H18N4O2. The molecule has 0 saturated heterocycles. The van der Waals surface area contributed by atoms with E-state index in [1.165, 1.54) is 10.9 Å². The molecule has 0 aliphatic heterocycles. The summed E-state index contributed by atoms with van der Waals surface area (Å²) in [4.78, 5) is 11.9. The molecule has 4 N–H and O–H groups in total. The smallest absolute Gasteiger partial charge is 0.271 e. The zero-order chi connectivity index (χ0) is 12.5. The van der Waals surface area contributed by atoms with Gasteiger partial charge in [-0.05, 0) is 24.7 Å². The maximum atomic E-state index is 11.9. The van der Waals surface area contributed by atoms with Gasteiger partial charge in [-0.25, -0.2) is 0 Å². The van der Waals surface area contributed by atoms with Gasteiger partial charge in [-0.1, -0.05) is 0 Å². The van der Waals surface area contributed by atoms with Gasteiger partial charge in [0.15, 0.2) is 0 Å². The molecule has 6 nitrogen and oxygen atoms in total. The minimum Gasteiger partial charge on any atom is -0.396 e.